The van der Waals surface area contributed by atoms with Crippen LogP contribution in [0.1, 0.15) is 24.8 Å². The van der Waals surface area contributed by atoms with Crippen LogP contribution in [0.15, 0.2) is 29.2 Å². The van der Waals surface area contributed by atoms with Crippen LogP contribution in [0.4, 0.5) is 5.69 Å². The van der Waals surface area contributed by atoms with Crippen molar-refractivity contribution in [2.24, 2.45) is 0 Å². The Bertz CT molecular complexity index is 714. The van der Waals surface area contributed by atoms with Crippen molar-refractivity contribution in [3.05, 3.63) is 44.8 Å². The topological polar surface area (TPSA) is 66.7 Å². The third-order valence-corrected chi connectivity index (χ3v) is 5.42. The molecule has 2 heterocycles. The molecule has 0 saturated carbocycles. The number of nitrogens with zero attached hydrogens (tertiary/aromatic N) is 3. The number of piperidine rings is 1. The van der Waals surface area contributed by atoms with Gasteiger partial charge in [-0.2, -0.15) is 0 Å². The number of carbonyl (C=O) groups is 1. The first-order valence-corrected chi connectivity index (χ1v) is 8.99. The molecule has 126 valence electrons. The van der Waals surface area contributed by atoms with Crippen molar-refractivity contribution in [3.63, 3.8) is 0 Å². The fourth-order valence-electron chi connectivity index (χ4n) is 2.80. The van der Waals surface area contributed by atoms with Gasteiger partial charge < -0.3 is 0 Å². The lowest BCUT2D eigenvalue weighted by atomic mass is 10.1. The minimum absolute atomic E-state index is 0.00699. The number of hydrogen-bond acceptors (Lipinski definition) is 6. The van der Waals surface area contributed by atoms with E-state index in [-0.39, 0.29) is 11.6 Å². The zero-order chi connectivity index (χ0) is 17.1. The Morgan fingerprint density at radius 1 is 1.29 bits per heavy atom. The molecular formula is C16H17N3O3S2. The van der Waals surface area contributed by atoms with Gasteiger partial charge in [0.05, 0.1) is 16.5 Å². The lowest BCUT2D eigenvalue weighted by Gasteiger charge is -2.29. The van der Waals surface area contributed by atoms with Crippen LogP contribution in [-0.4, -0.2) is 44.7 Å². The summed E-state index contributed by atoms with van der Waals surface area (Å²) in [4.78, 5) is 27.4. The van der Waals surface area contributed by atoms with Gasteiger partial charge in [-0.1, -0.05) is 42.5 Å². The van der Waals surface area contributed by atoms with E-state index in [0.29, 0.717) is 21.5 Å². The van der Waals surface area contributed by atoms with Crippen LogP contribution < -0.4 is 0 Å². The number of thiocarbonyl (C=S) groups is 1. The molecule has 2 fully saturated rings. The Hall–Kier alpha value is -1.77. The Labute approximate surface area is 149 Å². The second kappa shape index (κ2) is 7.42. The fourth-order valence-corrected chi connectivity index (χ4v) is 4.04. The third-order valence-electron chi connectivity index (χ3n) is 4.04. The zero-order valence-corrected chi connectivity index (χ0v) is 14.6. The van der Waals surface area contributed by atoms with E-state index in [9.17, 15) is 14.9 Å². The molecule has 0 radical (unpaired) electrons. The first-order chi connectivity index (χ1) is 11.5. The van der Waals surface area contributed by atoms with Gasteiger partial charge >= 0.3 is 0 Å². The van der Waals surface area contributed by atoms with Crippen molar-refractivity contribution in [1.82, 2.24) is 9.80 Å². The summed E-state index contributed by atoms with van der Waals surface area (Å²) in [5.74, 6) is -0.123. The predicted molar refractivity (Wildman–Crippen MR) is 98.4 cm³/mol. The van der Waals surface area contributed by atoms with E-state index >= 15 is 0 Å². The summed E-state index contributed by atoms with van der Waals surface area (Å²) in [7, 11) is 0. The maximum absolute atomic E-state index is 12.6. The first-order valence-electron chi connectivity index (χ1n) is 7.77. The SMILES string of the molecule is O=C1/C(=C\c2cccc([N+](=O)[O-])c2)SC(=S)N1CN1CCCCC1. The van der Waals surface area contributed by atoms with Gasteiger partial charge in [-0.3, -0.25) is 24.7 Å². The summed E-state index contributed by atoms with van der Waals surface area (Å²) in [5.41, 5.74) is 0.634. The lowest BCUT2D eigenvalue weighted by molar-refractivity contribution is -0.384. The van der Waals surface area contributed by atoms with Gasteiger partial charge in [0.15, 0.2) is 0 Å². The number of benzene rings is 1. The first kappa shape index (κ1) is 17.1. The van der Waals surface area contributed by atoms with E-state index in [0.717, 1.165) is 25.9 Å². The molecule has 1 aromatic carbocycles. The van der Waals surface area contributed by atoms with E-state index in [1.54, 1.807) is 23.1 Å². The summed E-state index contributed by atoms with van der Waals surface area (Å²) >= 11 is 6.59. The van der Waals surface area contributed by atoms with Gasteiger partial charge in [0, 0.05) is 12.1 Å². The van der Waals surface area contributed by atoms with Crippen LogP contribution in [0.3, 0.4) is 0 Å². The predicted octanol–water partition coefficient (Wildman–Crippen LogP) is 3.24. The number of nitro groups is 1. The quantitative estimate of drug-likeness (QED) is 0.354. The van der Waals surface area contributed by atoms with E-state index in [2.05, 4.69) is 4.90 Å². The molecule has 2 saturated heterocycles. The minimum atomic E-state index is -0.446. The highest BCUT2D eigenvalue weighted by atomic mass is 32.2. The molecule has 0 bridgehead atoms. The van der Waals surface area contributed by atoms with Crippen molar-refractivity contribution in [3.8, 4) is 0 Å². The maximum atomic E-state index is 12.6. The molecule has 0 N–H and O–H groups in total. The smallest absolute Gasteiger partial charge is 0.270 e. The number of hydrogen-bond donors (Lipinski definition) is 0. The summed E-state index contributed by atoms with van der Waals surface area (Å²) < 4.78 is 0.544. The molecule has 1 aromatic rings. The van der Waals surface area contributed by atoms with Crippen LogP contribution >= 0.6 is 24.0 Å². The van der Waals surface area contributed by atoms with E-state index in [4.69, 9.17) is 12.2 Å². The number of nitro benzene ring substituents is 1. The summed E-state index contributed by atoms with van der Waals surface area (Å²) in [5, 5.41) is 10.9. The van der Waals surface area contributed by atoms with Gasteiger partial charge in [0.1, 0.15) is 4.32 Å². The molecule has 6 nitrogen and oxygen atoms in total. The van der Waals surface area contributed by atoms with E-state index < -0.39 is 4.92 Å². The van der Waals surface area contributed by atoms with E-state index in [1.165, 1.54) is 30.3 Å². The van der Waals surface area contributed by atoms with Crippen molar-refractivity contribution in [2.45, 2.75) is 19.3 Å². The van der Waals surface area contributed by atoms with Crippen LogP contribution in [0, 0.1) is 10.1 Å². The van der Waals surface area contributed by atoms with Crippen LogP contribution in [0.5, 0.6) is 0 Å². The largest absolute Gasteiger partial charge is 0.286 e. The van der Waals surface area contributed by atoms with Crippen LogP contribution in [-0.2, 0) is 4.79 Å². The molecule has 0 atom stereocenters. The summed E-state index contributed by atoms with van der Waals surface area (Å²) in [6, 6.07) is 6.23. The average molecular weight is 363 g/mol. The Morgan fingerprint density at radius 2 is 2.04 bits per heavy atom. The minimum Gasteiger partial charge on any atom is -0.286 e. The molecule has 8 heteroatoms. The summed E-state index contributed by atoms with van der Waals surface area (Å²) in [6.45, 7) is 2.50. The highest BCUT2D eigenvalue weighted by molar-refractivity contribution is 8.26. The summed E-state index contributed by atoms with van der Waals surface area (Å²) in [6.07, 6.45) is 5.21. The van der Waals surface area contributed by atoms with Gasteiger partial charge in [-0.25, -0.2) is 0 Å². The van der Waals surface area contributed by atoms with Crippen molar-refractivity contribution < 1.29 is 9.72 Å². The normalized spacial score (nSPS) is 20.8. The van der Waals surface area contributed by atoms with Crippen molar-refractivity contribution in [1.29, 1.82) is 0 Å². The Balaban J connectivity index is 1.75. The Morgan fingerprint density at radius 3 is 2.75 bits per heavy atom. The molecule has 0 spiro atoms. The van der Waals surface area contributed by atoms with Gasteiger partial charge in [0.25, 0.3) is 11.6 Å². The van der Waals surface area contributed by atoms with Gasteiger partial charge in [0.2, 0.25) is 0 Å². The van der Waals surface area contributed by atoms with Crippen LogP contribution in [0.25, 0.3) is 6.08 Å². The van der Waals surface area contributed by atoms with Crippen LogP contribution in [0.2, 0.25) is 0 Å². The number of amides is 1. The molecule has 0 aliphatic carbocycles. The molecule has 24 heavy (non-hydrogen) atoms. The van der Waals surface area contributed by atoms with E-state index in [1.807, 2.05) is 0 Å². The second-order valence-electron chi connectivity index (χ2n) is 5.78. The lowest BCUT2D eigenvalue weighted by Crippen LogP contribution is -2.42. The fraction of sp³-hybridized carbons (Fsp3) is 0.375. The maximum Gasteiger partial charge on any atom is 0.270 e. The standard InChI is InChI=1S/C16H17N3O3S2/c20-15-14(10-12-5-4-6-13(9-12)19(21)22)24-16(23)18(15)11-17-7-2-1-3-8-17/h4-6,9-10H,1-3,7-8,11H2/b14-10+. The molecule has 0 aromatic heterocycles. The van der Waals surface area contributed by atoms with Crippen molar-refractivity contribution in [2.75, 3.05) is 19.8 Å². The highest BCUT2D eigenvalue weighted by Gasteiger charge is 2.33. The number of likely N-dealkylation sites (tertiary alicyclic amines) is 1. The van der Waals surface area contributed by atoms with Gasteiger partial charge in [-0.15, -0.1) is 0 Å². The number of thioether (sulfide) groups is 1. The molecular weight excluding hydrogens is 346 g/mol. The van der Waals surface area contributed by atoms with Crippen molar-refractivity contribution >= 4 is 46.0 Å². The molecule has 2 aliphatic heterocycles. The third kappa shape index (κ3) is 3.82. The number of rotatable bonds is 4. The monoisotopic (exact) mass is 363 g/mol. The second-order valence-corrected chi connectivity index (χ2v) is 7.46. The number of non-ortho nitro benzene ring substituents is 1. The Kier molecular flexibility index (Phi) is 5.27. The van der Waals surface area contributed by atoms with Gasteiger partial charge in [-0.05, 0) is 37.6 Å². The average Bonchev–Trinajstić information content (AvgIpc) is 2.83. The zero-order valence-electron chi connectivity index (χ0n) is 13.0. The molecule has 1 amide bonds. The molecule has 2 aliphatic rings. The highest BCUT2D eigenvalue weighted by Crippen LogP contribution is 2.33. The molecule has 0 unspecified atom stereocenters. The number of carbonyl (C=O) groups excluding carboxylic acids is 1. The molecule has 3 rings (SSSR count).